The van der Waals surface area contributed by atoms with Crippen LogP contribution in [0.15, 0.2) is 48.5 Å². The monoisotopic (exact) mass is 374 g/mol. The van der Waals surface area contributed by atoms with E-state index in [9.17, 15) is 9.59 Å². The third kappa shape index (κ3) is 5.49. The number of ether oxygens (including phenoxy) is 1. The predicted octanol–water partition coefficient (Wildman–Crippen LogP) is 3.67. The average molecular weight is 375 g/mol. The fourth-order valence-corrected chi connectivity index (χ4v) is 2.76. The van der Waals surface area contributed by atoms with Crippen LogP contribution < -0.4 is 15.4 Å². The van der Waals surface area contributed by atoms with Gasteiger partial charge < -0.3 is 15.4 Å². The molecular weight excluding hydrogens is 352 g/mol. The summed E-state index contributed by atoms with van der Waals surface area (Å²) in [5.74, 6) is -0.0230. The van der Waals surface area contributed by atoms with Gasteiger partial charge in [0.25, 0.3) is 0 Å². The molecule has 0 aromatic heterocycles. The number of rotatable bonds is 7. The van der Waals surface area contributed by atoms with Crippen molar-refractivity contribution in [3.8, 4) is 5.75 Å². The minimum absolute atomic E-state index is 0.0663. The Bertz CT molecular complexity index is 763. The Morgan fingerprint density at radius 1 is 1.12 bits per heavy atom. The van der Waals surface area contributed by atoms with Crippen molar-refractivity contribution in [3.63, 3.8) is 0 Å². The van der Waals surface area contributed by atoms with Crippen LogP contribution in [0.2, 0.25) is 5.02 Å². The van der Waals surface area contributed by atoms with Gasteiger partial charge in [-0.05, 0) is 29.7 Å². The van der Waals surface area contributed by atoms with Crippen LogP contribution in [-0.2, 0) is 16.0 Å². The fourth-order valence-electron chi connectivity index (χ4n) is 2.50. The van der Waals surface area contributed by atoms with Gasteiger partial charge in [-0.3, -0.25) is 9.59 Å². The van der Waals surface area contributed by atoms with Crippen LogP contribution in [0.1, 0.15) is 19.4 Å². The molecule has 0 saturated carbocycles. The highest BCUT2D eigenvalue weighted by molar-refractivity contribution is 6.32. The summed E-state index contributed by atoms with van der Waals surface area (Å²) in [5, 5.41) is 6.01. The summed E-state index contributed by atoms with van der Waals surface area (Å²) in [7, 11) is 1.52. The molecule has 0 aliphatic carbocycles. The van der Waals surface area contributed by atoms with Gasteiger partial charge >= 0.3 is 0 Å². The molecule has 138 valence electrons. The van der Waals surface area contributed by atoms with Gasteiger partial charge in [-0.2, -0.15) is 0 Å². The summed E-state index contributed by atoms with van der Waals surface area (Å²) in [6, 6.07) is 13.8. The first kappa shape index (κ1) is 19.8. The Labute approximate surface area is 158 Å². The number of nitrogens with one attached hydrogen (secondary N) is 2. The van der Waals surface area contributed by atoms with E-state index in [1.165, 1.54) is 7.11 Å². The number of hydrogen-bond acceptors (Lipinski definition) is 3. The molecule has 0 fully saturated rings. The first-order valence-corrected chi connectivity index (χ1v) is 8.76. The number of carbonyl (C=O) groups is 2. The first-order chi connectivity index (χ1) is 12.4. The van der Waals surface area contributed by atoms with E-state index in [-0.39, 0.29) is 24.2 Å². The topological polar surface area (TPSA) is 67.4 Å². The molecule has 6 heteroatoms. The van der Waals surface area contributed by atoms with Crippen LogP contribution in [0.4, 0.5) is 5.69 Å². The lowest BCUT2D eigenvalue weighted by Gasteiger charge is -2.22. The van der Waals surface area contributed by atoms with E-state index in [2.05, 4.69) is 10.6 Å². The molecule has 0 spiro atoms. The van der Waals surface area contributed by atoms with E-state index < -0.39 is 6.04 Å². The number of anilines is 1. The smallest absolute Gasteiger partial charge is 0.247 e. The van der Waals surface area contributed by atoms with Gasteiger partial charge in [0.2, 0.25) is 11.8 Å². The van der Waals surface area contributed by atoms with Crippen molar-refractivity contribution >= 4 is 29.1 Å². The molecule has 1 atom stereocenters. The standard InChI is InChI=1S/C20H23ClN2O3/c1-13(2)19(23-18(24)11-14-7-5-4-6-8-14)20(25)22-15-9-10-17(26-3)16(21)12-15/h4-10,12-13,19H,11H2,1-3H3,(H,22,25)(H,23,24)/t19-/m0/s1. The van der Waals surface area contributed by atoms with Crippen LogP contribution >= 0.6 is 11.6 Å². The predicted molar refractivity (Wildman–Crippen MR) is 104 cm³/mol. The van der Waals surface area contributed by atoms with Crippen molar-refractivity contribution < 1.29 is 14.3 Å². The SMILES string of the molecule is COc1ccc(NC(=O)[C@@H](NC(=O)Cc2ccccc2)C(C)C)cc1Cl. The van der Waals surface area contributed by atoms with Gasteiger partial charge in [-0.25, -0.2) is 0 Å². The molecule has 0 aliphatic rings. The highest BCUT2D eigenvalue weighted by Gasteiger charge is 2.24. The summed E-state index contributed by atoms with van der Waals surface area (Å²) in [6.45, 7) is 3.77. The number of amides is 2. The molecule has 0 saturated heterocycles. The maximum Gasteiger partial charge on any atom is 0.247 e. The molecule has 0 radical (unpaired) electrons. The fraction of sp³-hybridized carbons (Fsp3) is 0.300. The third-order valence-electron chi connectivity index (χ3n) is 3.89. The van der Waals surface area contributed by atoms with E-state index in [0.717, 1.165) is 5.56 Å². The van der Waals surface area contributed by atoms with Crippen LogP contribution in [-0.4, -0.2) is 25.0 Å². The lowest BCUT2D eigenvalue weighted by molar-refractivity contribution is -0.127. The lowest BCUT2D eigenvalue weighted by Crippen LogP contribution is -2.47. The maximum atomic E-state index is 12.6. The second kappa shape index (κ2) is 9.25. The Morgan fingerprint density at radius 3 is 2.38 bits per heavy atom. The Hall–Kier alpha value is -2.53. The highest BCUT2D eigenvalue weighted by atomic mass is 35.5. The van der Waals surface area contributed by atoms with Crippen molar-refractivity contribution in [2.75, 3.05) is 12.4 Å². The van der Waals surface area contributed by atoms with Crippen molar-refractivity contribution in [1.29, 1.82) is 0 Å². The molecule has 0 heterocycles. The van der Waals surface area contributed by atoms with Crippen molar-refractivity contribution in [2.45, 2.75) is 26.3 Å². The molecule has 2 aromatic carbocycles. The molecule has 0 aliphatic heterocycles. The van der Waals surface area contributed by atoms with E-state index in [1.807, 2.05) is 44.2 Å². The summed E-state index contributed by atoms with van der Waals surface area (Å²) in [6.07, 6.45) is 0.228. The minimum Gasteiger partial charge on any atom is -0.495 e. The zero-order valence-corrected chi connectivity index (χ0v) is 15.8. The van der Waals surface area contributed by atoms with Gasteiger partial charge in [0.15, 0.2) is 0 Å². The number of carbonyl (C=O) groups excluding carboxylic acids is 2. The van der Waals surface area contributed by atoms with Crippen LogP contribution in [0.5, 0.6) is 5.75 Å². The summed E-state index contributed by atoms with van der Waals surface area (Å²) in [5.41, 5.74) is 1.44. The van der Waals surface area contributed by atoms with E-state index in [1.54, 1.807) is 18.2 Å². The summed E-state index contributed by atoms with van der Waals surface area (Å²) < 4.78 is 5.10. The lowest BCUT2D eigenvalue weighted by atomic mass is 10.0. The van der Waals surface area contributed by atoms with E-state index in [4.69, 9.17) is 16.3 Å². The molecule has 0 bridgehead atoms. The summed E-state index contributed by atoms with van der Waals surface area (Å²) >= 11 is 6.08. The van der Waals surface area contributed by atoms with E-state index >= 15 is 0 Å². The summed E-state index contributed by atoms with van der Waals surface area (Å²) in [4.78, 5) is 24.9. The molecule has 2 amide bonds. The van der Waals surface area contributed by atoms with Gasteiger partial charge in [0, 0.05) is 5.69 Å². The quantitative estimate of drug-likeness (QED) is 0.777. The van der Waals surface area contributed by atoms with Gasteiger partial charge in [0.1, 0.15) is 11.8 Å². The molecule has 2 rings (SSSR count). The second-order valence-corrected chi connectivity index (χ2v) is 6.70. The van der Waals surface area contributed by atoms with Crippen molar-refractivity contribution in [1.82, 2.24) is 5.32 Å². The number of halogens is 1. The zero-order valence-electron chi connectivity index (χ0n) is 15.1. The Morgan fingerprint density at radius 2 is 1.81 bits per heavy atom. The normalized spacial score (nSPS) is 11.7. The van der Waals surface area contributed by atoms with Gasteiger partial charge in [0.05, 0.1) is 18.6 Å². The molecule has 26 heavy (non-hydrogen) atoms. The first-order valence-electron chi connectivity index (χ1n) is 8.38. The van der Waals surface area contributed by atoms with Crippen molar-refractivity contribution in [3.05, 3.63) is 59.1 Å². The molecule has 5 nitrogen and oxygen atoms in total. The van der Waals surface area contributed by atoms with Crippen molar-refractivity contribution in [2.24, 2.45) is 5.92 Å². The zero-order chi connectivity index (χ0) is 19.1. The van der Waals surface area contributed by atoms with Crippen LogP contribution in [0, 0.1) is 5.92 Å². The molecule has 0 unspecified atom stereocenters. The molecular formula is C20H23ClN2O3. The Balaban J connectivity index is 2.02. The third-order valence-corrected chi connectivity index (χ3v) is 4.19. The molecule has 2 aromatic rings. The highest BCUT2D eigenvalue weighted by Crippen LogP contribution is 2.27. The number of benzene rings is 2. The molecule has 2 N–H and O–H groups in total. The van der Waals surface area contributed by atoms with Gasteiger partial charge in [-0.1, -0.05) is 55.8 Å². The number of hydrogen-bond donors (Lipinski definition) is 2. The Kier molecular flexibility index (Phi) is 7.04. The largest absolute Gasteiger partial charge is 0.495 e. The average Bonchev–Trinajstić information content (AvgIpc) is 2.60. The van der Waals surface area contributed by atoms with Gasteiger partial charge in [-0.15, -0.1) is 0 Å². The van der Waals surface area contributed by atoms with Crippen LogP contribution in [0.3, 0.4) is 0 Å². The second-order valence-electron chi connectivity index (χ2n) is 6.29. The van der Waals surface area contributed by atoms with Crippen LogP contribution in [0.25, 0.3) is 0 Å². The number of methoxy groups -OCH3 is 1. The maximum absolute atomic E-state index is 12.6. The van der Waals surface area contributed by atoms with E-state index in [0.29, 0.717) is 16.5 Å². The minimum atomic E-state index is -0.646.